The molecule has 0 amide bonds. The van der Waals surface area contributed by atoms with Gasteiger partial charge in [-0.1, -0.05) is 0 Å². The Labute approximate surface area is 399 Å². The molecular formula is C37H54N3NaO18S6. The molecule has 3 aromatic rings. The molecule has 0 saturated carbocycles. The molecule has 0 atom stereocenters. The summed E-state index contributed by atoms with van der Waals surface area (Å²) in [4.78, 5) is 5.18. The van der Waals surface area contributed by atoms with E-state index in [0.29, 0.717) is 45.0 Å². The molecular weight excluding hydrogens is 990 g/mol. The van der Waals surface area contributed by atoms with Crippen LogP contribution < -0.4 is 17.5 Å². The summed E-state index contributed by atoms with van der Waals surface area (Å²) in [5, 5.41) is 0. The van der Waals surface area contributed by atoms with Crippen molar-refractivity contribution in [2.45, 2.75) is 44.4 Å². The normalized spacial score (nSPS) is 13.0. The van der Waals surface area contributed by atoms with E-state index in [2.05, 4.69) is 0 Å². The molecule has 0 fully saturated rings. The summed E-state index contributed by atoms with van der Waals surface area (Å²) in [5.41, 5.74) is 4.09. The van der Waals surface area contributed by atoms with Gasteiger partial charge in [0.25, 0.3) is 0 Å². The Balaban J connectivity index is 2.13. The Morgan fingerprint density at radius 2 is 0.600 bits per heavy atom. The molecule has 6 N–H and O–H groups in total. The second kappa shape index (κ2) is 24.7. The van der Waals surface area contributed by atoms with Gasteiger partial charge in [0, 0.05) is 0 Å². The fraction of sp³-hybridized carbons (Fsp3) is 0.514. The second-order valence-electron chi connectivity index (χ2n) is 15.5. The zero-order chi connectivity index (χ0) is 48.9. The fourth-order valence-electron chi connectivity index (χ4n) is 7.22. The molecule has 0 aromatic heterocycles. The van der Waals surface area contributed by atoms with Crippen LogP contribution in [0.2, 0.25) is 0 Å². The van der Waals surface area contributed by atoms with Gasteiger partial charge in [0.05, 0.1) is 0 Å². The number of hydrogen-bond donors (Lipinski definition) is 6. The Bertz CT molecular complexity index is 2470. The quantitative estimate of drug-likeness (QED) is 0.0315. The SMILES string of the molecule is O=S(=O)(O)CCCN(CCCS(=O)(=O)O)c1ccc(C(c2ccc(N(CCCS(=O)(=O)O)CCCS(=O)(=O)O)cc2)c2ccc(N(CCCS(=O)(=O)O)CCCS(=O)(=O)O)c[c]2[Na])cc1. The van der Waals surface area contributed by atoms with Crippen molar-refractivity contribution >= 4 is 109 Å². The van der Waals surface area contributed by atoms with Crippen molar-refractivity contribution in [2.75, 3.05) is 88.5 Å². The Kier molecular flexibility index (Phi) is 21.6. The molecule has 0 aliphatic carbocycles. The van der Waals surface area contributed by atoms with Crippen molar-refractivity contribution in [3.8, 4) is 0 Å². The first-order chi connectivity index (χ1) is 29.9. The zero-order valence-corrected chi connectivity index (χ0v) is 42.4. The Morgan fingerprint density at radius 1 is 0.369 bits per heavy atom. The molecule has 0 aliphatic rings. The van der Waals surface area contributed by atoms with Crippen LogP contribution in [0.15, 0.2) is 66.7 Å². The van der Waals surface area contributed by atoms with Crippen LogP contribution in [-0.2, 0) is 60.7 Å². The van der Waals surface area contributed by atoms with Crippen molar-refractivity contribution in [1.82, 2.24) is 0 Å². The van der Waals surface area contributed by atoms with Gasteiger partial charge >= 0.3 is 351 Å². The van der Waals surface area contributed by atoms with Crippen molar-refractivity contribution in [3.05, 3.63) is 83.4 Å². The van der Waals surface area contributed by atoms with E-state index < -0.39 is 101 Å². The average molecular weight is 1040 g/mol. The molecule has 28 heteroatoms. The maximum atomic E-state index is 11.5. The minimum atomic E-state index is -4.29. The average Bonchev–Trinajstić information content (AvgIpc) is 3.15. The molecule has 65 heavy (non-hydrogen) atoms. The summed E-state index contributed by atoms with van der Waals surface area (Å²) >= 11 is 0.451. The first-order valence-corrected chi connectivity index (χ1v) is 30.8. The molecule has 0 heterocycles. The van der Waals surface area contributed by atoms with Crippen LogP contribution in [0.1, 0.15) is 61.1 Å². The number of nitrogens with zero attached hydrogens (tertiary/aromatic N) is 3. The molecule has 3 rings (SSSR count). The van der Waals surface area contributed by atoms with E-state index in [4.69, 9.17) is 0 Å². The standard InChI is InChI=1S/C37H54N3O18S6.Na/c41-59(42,43)25-1-19-38(20-2-26-60(44,45)46)34-13-7-31(8-14-34)37(32-9-15-35(16-10-32)39(21-3-27-61(47,48)49)22-4-28-62(50,51)52)33-11-17-36(18-12-33)40(23-5-29-63(53,54)55)24-6-30-64(56,57)58;/h7-11,13-18,37H,1-6,19-30H2,(H,41,42,43)(H,44,45,46)(H,47,48,49)(H,50,51,52)(H,53,54,55)(H,56,57,58);. The van der Waals surface area contributed by atoms with Crippen molar-refractivity contribution < 1.29 is 77.8 Å². The van der Waals surface area contributed by atoms with Crippen LogP contribution in [0.3, 0.4) is 0 Å². The van der Waals surface area contributed by atoms with E-state index in [1.54, 1.807) is 45.0 Å². The van der Waals surface area contributed by atoms with Crippen molar-refractivity contribution in [1.29, 1.82) is 0 Å². The summed E-state index contributed by atoms with van der Waals surface area (Å²) < 4.78 is 194. The monoisotopic (exact) mass is 1040 g/mol. The van der Waals surface area contributed by atoms with Gasteiger partial charge in [-0.3, -0.25) is 18.2 Å². The van der Waals surface area contributed by atoms with E-state index in [1.807, 2.05) is 36.4 Å². The predicted molar refractivity (Wildman–Crippen MR) is 248 cm³/mol. The van der Waals surface area contributed by atoms with Crippen molar-refractivity contribution in [3.63, 3.8) is 0 Å². The van der Waals surface area contributed by atoms with E-state index in [0.717, 1.165) is 19.5 Å². The van der Waals surface area contributed by atoms with E-state index in [9.17, 15) is 77.8 Å². The van der Waals surface area contributed by atoms with E-state index in [1.165, 1.54) is 0 Å². The molecule has 0 spiro atoms. The van der Waals surface area contributed by atoms with E-state index >= 15 is 0 Å². The van der Waals surface area contributed by atoms with E-state index in [-0.39, 0.29) is 77.8 Å². The number of rotatable bonds is 30. The molecule has 21 nitrogen and oxygen atoms in total. The first-order valence-electron chi connectivity index (χ1n) is 20.1. The van der Waals surface area contributed by atoms with Gasteiger partial charge in [-0.05, 0) is 0 Å². The minimum absolute atomic E-state index is 0.00287. The summed E-state index contributed by atoms with van der Waals surface area (Å²) in [6.07, 6.45) is 0.0304. The number of benzene rings is 3. The summed E-state index contributed by atoms with van der Waals surface area (Å²) in [5.74, 6) is -3.77. The first kappa shape index (κ1) is 56.8. The molecule has 0 bridgehead atoms. The predicted octanol–water partition coefficient (Wildman–Crippen LogP) is 1.75. The van der Waals surface area contributed by atoms with Gasteiger partial charge in [0.1, 0.15) is 0 Å². The molecule has 362 valence electrons. The Hall–Kier alpha value is -2.48. The van der Waals surface area contributed by atoms with Crippen LogP contribution in [0, 0.1) is 0 Å². The maximum absolute atomic E-state index is 11.5. The van der Waals surface area contributed by atoms with Crippen LogP contribution in [-0.4, -0.2) is 180 Å². The van der Waals surface area contributed by atoms with Crippen LogP contribution in [0.5, 0.6) is 0 Å². The summed E-state index contributed by atoms with van der Waals surface area (Å²) in [6, 6.07) is 19.7. The van der Waals surface area contributed by atoms with Gasteiger partial charge in [0.15, 0.2) is 0 Å². The Morgan fingerprint density at radius 3 is 0.831 bits per heavy atom. The topological polar surface area (TPSA) is 336 Å². The van der Waals surface area contributed by atoms with Gasteiger partial charge in [-0.25, -0.2) is 0 Å². The summed E-state index contributed by atoms with van der Waals surface area (Å²) in [6.45, 7) is 0.673. The third kappa shape index (κ3) is 23.4. The molecule has 0 radical (unpaired) electrons. The molecule has 0 aliphatic heterocycles. The molecule has 3 aromatic carbocycles. The van der Waals surface area contributed by atoms with Gasteiger partial charge in [-0.2, -0.15) is 33.7 Å². The zero-order valence-electron chi connectivity index (χ0n) is 35.5. The fourth-order valence-corrected chi connectivity index (χ4v) is 10.9. The van der Waals surface area contributed by atoms with Gasteiger partial charge < -0.3 is 0 Å². The molecule has 0 unspecified atom stereocenters. The third-order valence-corrected chi connectivity index (χ3v) is 15.8. The van der Waals surface area contributed by atoms with Crippen LogP contribution in [0.4, 0.5) is 17.1 Å². The molecule has 0 saturated heterocycles. The third-order valence-electron chi connectivity index (χ3n) is 10.1. The van der Waals surface area contributed by atoms with Crippen LogP contribution >= 0.6 is 0 Å². The second-order valence-corrected chi connectivity index (χ2v) is 26.0. The number of hydrogen-bond acceptors (Lipinski definition) is 15. The van der Waals surface area contributed by atoms with Gasteiger partial charge in [-0.15, -0.1) is 0 Å². The summed E-state index contributed by atoms with van der Waals surface area (Å²) in [7, 11) is -25.7. The van der Waals surface area contributed by atoms with Gasteiger partial charge in [0.2, 0.25) is 0 Å². The number of anilines is 3. The van der Waals surface area contributed by atoms with Crippen LogP contribution in [0.25, 0.3) is 0 Å². The van der Waals surface area contributed by atoms with Crippen molar-refractivity contribution in [2.24, 2.45) is 0 Å².